The van der Waals surface area contributed by atoms with Crippen LogP contribution in [-0.4, -0.2) is 19.2 Å². The highest BCUT2D eigenvalue weighted by molar-refractivity contribution is 5.36. The maximum Gasteiger partial charge on any atom is 0.138 e. The van der Waals surface area contributed by atoms with Crippen molar-refractivity contribution < 1.29 is 9.13 Å². The van der Waals surface area contributed by atoms with Crippen LogP contribution in [0, 0.1) is 6.92 Å². The Labute approximate surface area is 103 Å². The van der Waals surface area contributed by atoms with Gasteiger partial charge in [-0.1, -0.05) is 6.07 Å². The third-order valence-corrected chi connectivity index (χ3v) is 2.63. The lowest BCUT2D eigenvalue weighted by Gasteiger charge is -2.22. The second-order valence-electron chi connectivity index (χ2n) is 5.32. The van der Waals surface area contributed by atoms with E-state index in [0.29, 0.717) is 6.54 Å². The molecule has 0 aliphatic heterocycles. The maximum atomic E-state index is 14.1. The van der Waals surface area contributed by atoms with E-state index < -0.39 is 6.17 Å². The fourth-order valence-electron chi connectivity index (χ4n) is 1.63. The van der Waals surface area contributed by atoms with E-state index in [9.17, 15) is 4.39 Å². The summed E-state index contributed by atoms with van der Waals surface area (Å²) in [6.07, 6.45) is -0.986. The topological polar surface area (TPSA) is 21.3 Å². The van der Waals surface area contributed by atoms with Crippen molar-refractivity contribution in [3.8, 4) is 5.75 Å². The summed E-state index contributed by atoms with van der Waals surface area (Å²) in [5, 5.41) is 3.17. The number of methoxy groups -OCH3 is 1. The van der Waals surface area contributed by atoms with Crippen LogP contribution in [0.1, 0.15) is 38.1 Å². The summed E-state index contributed by atoms with van der Waals surface area (Å²) in [5.74, 6) is 0.766. The van der Waals surface area contributed by atoms with Gasteiger partial charge in [-0.05, 0) is 51.0 Å². The highest BCUT2D eigenvalue weighted by atomic mass is 19.1. The molecule has 0 radical (unpaired) electrons. The molecule has 17 heavy (non-hydrogen) atoms. The van der Waals surface area contributed by atoms with Crippen molar-refractivity contribution in [3.05, 3.63) is 29.3 Å². The van der Waals surface area contributed by atoms with E-state index in [4.69, 9.17) is 4.74 Å². The normalized spacial score (nSPS) is 13.5. The van der Waals surface area contributed by atoms with Gasteiger partial charge in [0.15, 0.2) is 0 Å². The first-order valence-corrected chi connectivity index (χ1v) is 5.87. The molecule has 1 N–H and O–H groups in total. The lowest BCUT2D eigenvalue weighted by atomic mass is 10.0. The van der Waals surface area contributed by atoms with Crippen molar-refractivity contribution in [2.45, 2.75) is 39.4 Å². The van der Waals surface area contributed by atoms with E-state index >= 15 is 0 Å². The highest BCUT2D eigenvalue weighted by Gasteiger charge is 2.16. The lowest BCUT2D eigenvalue weighted by molar-refractivity contribution is 0.290. The molecule has 0 fully saturated rings. The van der Waals surface area contributed by atoms with Gasteiger partial charge in [0.05, 0.1) is 7.11 Å². The second-order valence-corrected chi connectivity index (χ2v) is 5.32. The van der Waals surface area contributed by atoms with Crippen molar-refractivity contribution >= 4 is 0 Å². The van der Waals surface area contributed by atoms with E-state index in [1.807, 2.05) is 33.8 Å². The standard InChI is InChI=1S/C14H22FNO/c1-10-8-11(17-5)6-7-12(10)13(15)9-16-14(2,3)4/h6-8,13,16H,9H2,1-5H3. The molecule has 0 saturated heterocycles. The summed E-state index contributed by atoms with van der Waals surface area (Å²) in [4.78, 5) is 0. The molecule has 1 aromatic rings. The van der Waals surface area contributed by atoms with Gasteiger partial charge in [0, 0.05) is 12.1 Å². The van der Waals surface area contributed by atoms with Crippen molar-refractivity contribution in [3.63, 3.8) is 0 Å². The Morgan fingerprint density at radius 3 is 2.47 bits per heavy atom. The third kappa shape index (κ3) is 4.35. The van der Waals surface area contributed by atoms with Gasteiger partial charge in [0.25, 0.3) is 0 Å². The number of nitrogens with one attached hydrogen (secondary N) is 1. The fourth-order valence-corrected chi connectivity index (χ4v) is 1.63. The average molecular weight is 239 g/mol. The van der Waals surface area contributed by atoms with Crippen LogP contribution < -0.4 is 10.1 Å². The summed E-state index contributed by atoms with van der Waals surface area (Å²) in [7, 11) is 1.61. The minimum absolute atomic E-state index is 0.0648. The quantitative estimate of drug-likeness (QED) is 0.869. The molecule has 1 rings (SSSR count). The van der Waals surface area contributed by atoms with Gasteiger partial charge in [0.2, 0.25) is 0 Å². The largest absolute Gasteiger partial charge is 0.497 e. The number of rotatable bonds is 4. The van der Waals surface area contributed by atoms with Crippen molar-refractivity contribution in [2.75, 3.05) is 13.7 Å². The molecule has 0 aromatic heterocycles. The summed E-state index contributed by atoms with van der Waals surface area (Å²) in [5.41, 5.74) is 1.58. The minimum atomic E-state index is -0.986. The van der Waals surface area contributed by atoms with Gasteiger partial charge in [-0.15, -0.1) is 0 Å². The Bertz CT molecular complexity index is 371. The minimum Gasteiger partial charge on any atom is -0.497 e. The van der Waals surface area contributed by atoms with Crippen LogP contribution in [0.4, 0.5) is 4.39 Å². The zero-order valence-corrected chi connectivity index (χ0v) is 11.3. The Morgan fingerprint density at radius 1 is 1.35 bits per heavy atom. The number of ether oxygens (including phenoxy) is 1. The van der Waals surface area contributed by atoms with Crippen LogP contribution in [-0.2, 0) is 0 Å². The summed E-state index contributed by atoms with van der Waals surface area (Å²) < 4.78 is 19.2. The van der Waals surface area contributed by atoms with E-state index in [1.165, 1.54) is 0 Å². The first kappa shape index (κ1) is 14.0. The van der Waals surface area contributed by atoms with E-state index in [1.54, 1.807) is 19.2 Å². The molecular weight excluding hydrogens is 217 g/mol. The molecule has 1 aromatic carbocycles. The first-order chi connectivity index (χ1) is 7.83. The zero-order chi connectivity index (χ0) is 13.1. The molecule has 96 valence electrons. The van der Waals surface area contributed by atoms with Gasteiger partial charge in [-0.3, -0.25) is 0 Å². The Balaban J connectivity index is 2.72. The Morgan fingerprint density at radius 2 is 2.00 bits per heavy atom. The van der Waals surface area contributed by atoms with Crippen LogP contribution >= 0.6 is 0 Å². The first-order valence-electron chi connectivity index (χ1n) is 5.87. The van der Waals surface area contributed by atoms with E-state index in [2.05, 4.69) is 5.32 Å². The van der Waals surface area contributed by atoms with Crippen LogP contribution in [0.15, 0.2) is 18.2 Å². The summed E-state index contributed by atoms with van der Waals surface area (Å²) >= 11 is 0. The van der Waals surface area contributed by atoms with Crippen LogP contribution in [0.25, 0.3) is 0 Å². The Kier molecular flexibility index (Phi) is 4.52. The van der Waals surface area contributed by atoms with Crippen molar-refractivity contribution in [1.29, 1.82) is 0 Å². The van der Waals surface area contributed by atoms with Crippen LogP contribution in [0.3, 0.4) is 0 Å². The van der Waals surface area contributed by atoms with Gasteiger partial charge >= 0.3 is 0 Å². The van der Waals surface area contributed by atoms with Crippen LogP contribution in [0.5, 0.6) is 5.75 Å². The molecule has 0 aliphatic rings. The molecule has 0 bridgehead atoms. The molecule has 0 aliphatic carbocycles. The molecule has 3 heteroatoms. The molecule has 0 heterocycles. The number of benzene rings is 1. The molecule has 0 saturated carbocycles. The molecule has 2 nitrogen and oxygen atoms in total. The van der Waals surface area contributed by atoms with Gasteiger partial charge in [-0.25, -0.2) is 4.39 Å². The molecule has 0 amide bonds. The zero-order valence-electron chi connectivity index (χ0n) is 11.3. The predicted molar refractivity (Wildman–Crippen MR) is 69.3 cm³/mol. The molecule has 1 unspecified atom stereocenters. The number of hydrogen-bond acceptors (Lipinski definition) is 2. The monoisotopic (exact) mass is 239 g/mol. The van der Waals surface area contributed by atoms with Gasteiger partial charge < -0.3 is 10.1 Å². The number of halogens is 1. The second kappa shape index (κ2) is 5.50. The number of aryl methyl sites for hydroxylation is 1. The van der Waals surface area contributed by atoms with E-state index in [-0.39, 0.29) is 5.54 Å². The average Bonchev–Trinajstić information content (AvgIpc) is 2.24. The van der Waals surface area contributed by atoms with Crippen LogP contribution in [0.2, 0.25) is 0 Å². The lowest BCUT2D eigenvalue weighted by Crippen LogP contribution is -2.38. The van der Waals surface area contributed by atoms with Crippen molar-refractivity contribution in [2.24, 2.45) is 0 Å². The fraction of sp³-hybridized carbons (Fsp3) is 0.571. The Hall–Kier alpha value is -1.09. The predicted octanol–water partition coefficient (Wildman–Crippen LogP) is 3.40. The maximum absolute atomic E-state index is 14.1. The van der Waals surface area contributed by atoms with Crippen molar-refractivity contribution in [1.82, 2.24) is 5.32 Å². The molecule has 1 atom stereocenters. The summed E-state index contributed by atoms with van der Waals surface area (Å²) in [6, 6.07) is 5.45. The molecule has 0 spiro atoms. The highest BCUT2D eigenvalue weighted by Crippen LogP contribution is 2.25. The number of alkyl halides is 1. The number of hydrogen-bond donors (Lipinski definition) is 1. The van der Waals surface area contributed by atoms with Gasteiger partial charge in [-0.2, -0.15) is 0 Å². The van der Waals surface area contributed by atoms with E-state index in [0.717, 1.165) is 16.9 Å². The van der Waals surface area contributed by atoms with Gasteiger partial charge in [0.1, 0.15) is 11.9 Å². The third-order valence-electron chi connectivity index (χ3n) is 2.63. The summed E-state index contributed by atoms with van der Waals surface area (Å²) in [6.45, 7) is 8.32. The smallest absolute Gasteiger partial charge is 0.138 e. The molecular formula is C14H22FNO. The SMILES string of the molecule is COc1ccc(C(F)CNC(C)(C)C)c(C)c1.